The van der Waals surface area contributed by atoms with Gasteiger partial charge in [-0.1, -0.05) is 275 Å². The summed E-state index contributed by atoms with van der Waals surface area (Å²) in [6, 6.07) is 0. The van der Waals surface area contributed by atoms with Gasteiger partial charge in [-0.15, -0.1) is 0 Å². The van der Waals surface area contributed by atoms with Gasteiger partial charge in [0.25, 0.3) is 0 Å². The number of hydrogen-bond acceptors (Lipinski definition) is 6. The van der Waals surface area contributed by atoms with Crippen molar-refractivity contribution in [3.8, 4) is 0 Å². The highest BCUT2D eigenvalue weighted by molar-refractivity contribution is 5.71. The van der Waals surface area contributed by atoms with Crippen molar-refractivity contribution in [1.29, 1.82) is 0 Å². The van der Waals surface area contributed by atoms with Crippen LogP contribution >= 0.6 is 0 Å². The highest BCUT2D eigenvalue weighted by Crippen LogP contribution is 2.17. The Balaban J connectivity index is 4.37. The van der Waals surface area contributed by atoms with Crippen LogP contribution in [0, 0.1) is 0 Å². The first-order valence-corrected chi connectivity index (χ1v) is 29.1. The Morgan fingerprint density at radius 3 is 0.910 bits per heavy atom. The molecule has 0 radical (unpaired) electrons. The molecule has 0 N–H and O–H groups in total. The number of ether oxygens (including phenoxy) is 3. The van der Waals surface area contributed by atoms with E-state index < -0.39 is 6.10 Å². The van der Waals surface area contributed by atoms with Crippen LogP contribution in [0.1, 0.15) is 303 Å². The van der Waals surface area contributed by atoms with Gasteiger partial charge in [0.2, 0.25) is 0 Å². The molecule has 0 aliphatic rings. The molecule has 67 heavy (non-hydrogen) atoms. The predicted octanol–water partition coefficient (Wildman–Crippen LogP) is 19.4. The fraction of sp³-hybridized carbons (Fsp3) is 0.820. The first-order chi connectivity index (χ1) is 33.0. The van der Waals surface area contributed by atoms with Gasteiger partial charge >= 0.3 is 17.9 Å². The lowest BCUT2D eigenvalue weighted by Gasteiger charge is -2.18. The van der Waals surface area contributed by atoms with Crippen LogP contribution < -0.4 is 0 Å². The molecule has 0 spiro atoms. The minimum Gasteiger partial charge on any atom is -0.462 e. The smallest absolute Gasteiger partial charge is 0.306 e. The largest absolute Gasteiger partial charge is 0.462 e. The number of allylic oxidation sites excluding steroid dienone is 8. The highest BCUT2D eigenvalue weighted by Gasteiger charge is 2.19. The monoisotopic (exact) mass is 939 g/mol. The Morgan fingerprint density at radius 1 is 0.313 bits per heavy atom. The van der Waals surface area contributed by atoms with Gasteiger partial charge in [0.15, 0.2) is 6.10 Å². The molecule has 0 aliphatic carbocycles. The molecule has 0 heterocycles. The summed E-state index contributed by atoms with van der Waals surface area (Å²) >= 11 is 0. The third-order valence-electron chi connectivity index (χ3n) is 12.8. The quantitative estimate of drug-likeness (QED) is 0.0262. The van der Waals surface area contributed by atoms with Crippen molar-refractivity contribution < 1.29 is 28.6 Å². The maximum atomic E-state index is 12.8. The second kappa shape index (κ2) is 56.0. The predicted molar refractivity (Wildman–Crippen MR) is 289 cm³/mol. The van der Waals surface area contributed by atoms with Gasteiger partial charge in [-0.05, 0) is 57.8 Å². The zero-order valence-corrected chi connectivity index (χ0v) is 44.7. The number of hydrogen-bond donors (Lipinski definition) is 0. The van der Waals surface area contributed by atoms with Crippen molar-refractivity contribution in [2.24, 2.45) is 0 Å². The molecule has 6 heteroatoms. The molecule has 1 atom stereocenters. The van der Waals surface area contributed by atoms with Crippen molar-refractivity contribution in [1.82, 2.24) is 0 Å². The average Bonchev–Trinajstić information content (AvgIpc) is 3.33. The first kappa shape index (κ1) is 64.4. The van der Waals surface area contributed by atoms with Gasteiger partial charge in [-0.3, -0.25) is 14.4 Å². The summed E-state index contributed by atoms with van der Waals surface area (Å²) in [6.07, 6.45) is 68.2. The van der Waals surface area contributed by atoms with Gasteiger partial charge in [0.05, 0.1) is 0 Å². The Morgan fingerprint density at radius 2 is 0.582 bits per heavy atom. The normalized spacial score (nSPS) is 12.3. The molecule has 0 aliphatic heterocycles. The van der Waals surface area contributed by atoms with E-state index in [0.29, 0.717) is 19.3 Å². The minimum atomic E-state index is -0.786. The molecule has 0 aromatic carbocycles. The maximum absolute atomic E-state index is 12.8. The molecule has 0 fully saturated rings. The summed E-state index contributed by atoms with van der Waals surface area (Å²) in [5, 5.41) is 0. The van der Waals surface area contributed by atoms with Crippen molar-refractivity contribution in [2.45, 2.75) is 309 Å². The summed E-state index contributed by atoms with van der Waals surface area (Å²) in [6.45, 7) is 6.54. The summed E-state index contributed by atoms with van der Waals surface area (Å²) in [4.78, 5) is 38.2. The van der Waals surface area contributed by atoms with Crippen molar-refractivity contribution >= 4 is 17.9 Å². The Labute approximate surface area is 416 Å². The van der Waals surface area contributed by atoms with E-state index in [4.69, 9.17) is 14.2 Å². The van der Waals surface area contributed by atoms with Crippen LogP contribution in [0.4, 0.5) is 0 Å². The second-order valence-corrected chi connectivity index (χ2v) is 19.5. The third-order valence-corrected chi connectivity index (χ3v) is 12.8. The average molecular weight is 940 g/mol. The van der Waals surface area contributed by atoms with Crippen LogP contribution in [0.5, 0.6) is 0 Å². The summed E-state index contributed by atoms with van der Waals surface area (Å²) in [7, 11) is 0. The van der Waals surface area contributed by atoms with E-state index >= 15 is 0 Å². The van der Waals surface area contributed by atoms with Gasteiger partial charge in [-0.2, -0.15) is 0 Å². The molecule has 0 bridgehead atoms. The molecule has 390 valence electrons. The van der Waals surface area contributed by atoms with E-state index in [-0.39, 0.29) is 31.1 Å². The molecule has 0 rings (SSSR count). The Kier molecular flexibility index (Phi) is 53.8. The zero-order valence-electron chi connectivity index (χ0n) is 44.7. The van der Waals surface area contributed by atoms with Gasteiger partial charge < -0.3 is 14.2 Å². The van der Waals surface area contributed by atoms with E-state index in [1.807, 2.05) is 0 Å². The van der Waals surface area contributed by atoms with Crippen LogP contribution in [0.2, 0.25) is 0 Å². The zero-order chi connectivity index (χ0) is 48.6. The number of esters is 3. The molecule has 0 aromatic heterocycles. The number of carbonyl (C=O) groups is 3. The fourth-order valence-corrected chi connectivity index (χ4v) is 8.49. The lowest BCUT2D eigenvalue weighted by atomic mass is 10.0. The summed E-state index contributed by atoms with van der Waals surface area (Å²) in [5.41, 5.74) is 0. The second-order valence-electron chi connectivity index (χ2n) is 19.5. The SMILES string of the molecule is CC/C=C\C/C=C\C/C=C\C/C=C\CCCCCC(=O)OC(COC(=O)CCCCCCCCCCCCCCCCC)COC(=O)CCCCCCCCCCCCCCCCCCCC. The standard InChI is InChI=1S/C61H110O6/c1-4-7-10-13-16-19-22-25-28-30-31-34-36-39-42-45-48-51-54-60(63)66-57-58(56-65-59(62)53-50-47-44-41-38-35-32-27-24-21-18-15-12-9-6-3)67-61(64)55-52-49-46-43-40-37-33-29-26-23-20-17-14-11-8-5-2/h8,11,17,20,26,29,37,40,58H,4-7,9-10,12-16,18-19,21-25,27-28,30-36,38-39,41-57H2,1-3H3/b11-8-,20-17-,29-26-,40-37-. The van der Waals surface area contributed by atoms with Crippen molar-refractivity contribution in [3.05, 3.63) is 48.6 Å². The van der Waals surface area contributed by atoms with E-state index in [9.17, 15) is 14.4 Å². The van der Waals surface area contributed by atoms with Gasteiger partial charge in [-0.25, -0.2) is 0 Å². The van der Waals surface area contributed by atoms with Crippen LogP contribution in [-0.2, 0) is 28.6 Å². The van der Waals surface area contributed by atoms with E-state index in [2.05, 4.69) is 69.4 Å². The van der Waals surface area contributed by atoms with E-state index in [1.165, 1.54) is 173 Å². The minimum absolute atomic E-state index is 0.0817. The molecule has 0 saturated carbocycles. The van der Waals surface area contributed by atoms with Crippen LogP contribution in [0.15, 0.2) is 48.6 Å². The maximum Gasteiger partial charge on any atom is 0.306 e. The molecular formula is C61H110O6. The van der Waals surface area contributed by atoms with Crippen molar-refractivity contribution in [3.63, 3.8) is 0 Å². The third kappa shape index (κ3) is 54.2. The summed E-state index contributed by atoms with van der Waals surface area (Å²) < 4.78 is 16.9. The fourth-order valence-electron chi connectivity index (χ4n) is 8.49. The van der Waals surface area contributed by atoms with E-state index in [1.54, 1.807) is 0 Å². The van der Waals surface area contributed by atoms with Crippen LogP contribution in [-0.4, -0.2) is 37.2 Å². The lowest BCUT2D eigenvalue weighted by Crippen LogP contribution is -2.30. The molecule has 0 amide bonds. The van der Waals surface area contributed by atoms with Crippen LogP contribution in [0.25, 0.3) is 0 Å². The van der Waals surface area contributed by atoms with Gasteiger partial charge in [0.1, 0.15) is 13.2 Å². The Bertz CT molecular complexity index is 1170. The molecule has 0 aromatic rings. The highest BCUT2D eigenvalue weighted by atomic mass is 16.6. The molecule has 1 unspecified atom stereocenters. The molecule has 0 saturated heterocycles. The van der Waals surface area contributed by atoms with Crippen LogP contribution in [0.3, 0.4) is 0 Å². The Hall–Kier alpha value is -2.63. The van der Waals surface area contributed by atoms with Gasteiger partial charge in [0, 0.05) is 19.3 Å². The topological polar surface area (TPSA) is 78.9 Å². The van der Waals surface area contributed by atoms with E-state index in [0.717, 1.165) is 89.9 Å². The van der Waals surface area contributed by atoms with Crippen molar-refractivity contribution in [2.75, 3.05) is 13.2 Å². The molecule has 6 nitrogen and oxygen atoms in total. The number of carbonyl (C=O) groups excluding carboxylic acids is 3. The summed E-state index contributed by atoms with van der Waals surface area (Å²) in [5.74, 6) is -0.895. The first-order valence-electron chi connectivity index (χ1n) is 29.1. The number of unbranched alkanes of at least 4 members (excludes halogenated alkanes) is 34. The molecular weight excluding hydrogens is 829 g/mol. The lowest BCUT2D eigenvalue weighted by molar-refractivity contribution is -0.167. The number of rotatable bonds is 53.